The summed E-state index contributed by atoms with van der Waals surface area (Å²) in [4.78, 5) is 26.6. The summed E-state index contributed by atoms with van der Waals surface area (Å²) in [5.41, 5.74) is 2.13. The van der Waals surface area contributed by atoms with Gasteiger partial charge in [-0.25, -0.2) is 4.79 Å². The number of aromatic hydroxyl groups is 1. The molecular formula is C23H27N3O5. The minimum atomic E-state index is -1.45. The zero-order valence-corrected chi connectivity index (χ0v) is 17.9. The van der Waals surface area contributed by atoms with Crippen LogP contribution in [0.15, 0.2) is 23.0 Å². The number of nitrogens with one attached hydrogen (secondary N) is 2. The third-order valence-corrected chi connectivity index (χ3v) is 6.09. The van der Waals surface area contributed by atoms with E-state index in [1.807, 2.05) is 19.2 Å². The van der Waals surface area contributed by atoms with E-state index >= 15 is 0 Å². The number of ether oxygens (including phenoxy) is 1. The van der Waals surface area contributed by atoms with Crippen LogP contribution in [0.3, 0.4) is 0 Å². The largest absolute Gasteiger partial charge is 0.506 e. The summed E-state index contributed by atoms with van der Waals surface area (Å²) < 4.78 is 8.09. The second-order valence-electron chi connectivity index (χ2n) is 8.08. The van der Waals surface area contributed by atoms with E-state index in [0.717, 1.165) is 29.6 Å². The molecule has 1 aromatic carbocycles. The molecule has 0 aliphatic carbocycles. The SMILES string of the molecule is CCC(C)NCc1cc2cc3c(cc2n1C)OCCCc1c-3[nH]c(=O)c(C(=O)O)c1O. The Bertz CT molecular complexity index is 1220. The molecule has 0 saturated carbocycles. The molecule has 0 spiro atoms. The summed E-state index contributed by atoms with van der Waals surface area (Å²) in [6.07, 6.45) is 2.02. The van der Waals surface area contributed by atoms with Crippen molar-refractivity contribution in [3.05, 3.63) is 45.4 Å². The van der Waals surface area contributed by atoms with Crippen LogP contribution in [0.5, 0.6) is 11.5 Å². The fourth-order valence-corrected chi connectivity index (χ4v) is 4.06. The van der Waals surface area contributed by atoms with Gasteiger partial charge in [-0.2, -0.15) is 0 Å². The van der Waals surface area contributed by atoms with Crippen molar-refractivity contribution in [3.8, 4) is 22.8 Å². The monoisotopic (exact) mass is 425 g/mol. The van der Waals surface area contributed by atoms with Gasteiger partial charge >= 0.3 is 5.97 Å². The zero-order chi connectivity index (χ0) is 22.3. The van der Waals surface area contributed by atoms with Crippen molar-refractivity contribution in [1.29, 1.82) is 0 Å². The van der Waals surface area contributed by atoms with Gasteiger partial charge in [0, 0.05) is 47.9 Å². The molecule has 0 bridgehead atoms. The second kappa shape index (κ2) is 8.11. The number of carboxylic acids is 1. The number of aryl methyl sites for hydroxylation is 1. The minimum absolute atomic E-state index is 0.397. The molecule has 1 unspecified atom stereocenters. The molecule has 3 heterocycles. The molecule has 2 aromatic heterocycles. The van der Waals surface area contributed by atoms with Gasteiger partial charge < -0.3 is 29.8 Å². The van der Waals surface area contributed by atoms with Crippen LogP contribution in [0.25, 0.3) is 22.2 Å². The molecule has 0 saturated heterocycles. The predicted octanol–water partition coefficient (Wildman–Crippen LogP) is 3.15. The van der Waals surface area contributed by atoms with E-state index in [-0.39, 0.29) is 0 Å². The first-order valence-electron chi connectivity index (χ1n) is 10.5. The first kappa shape index (κ1) is 21.0. The minimum Gasteiger partial charge on any atom is -0.506 e. The van der Waals surface area contributed by atoms with Crippen LogP contribution in [-0.2, 0) is 20.0 Å². The third kappa shape index (κ3) is 3.67. The maximum atomic E-state index is 12.4. The Hall–Kier alpha value is -3.26. The van der Waals surface area contributed by atoms with Gasteiger partial charge in [-0.15, -0.1) is 0 Å². The van der Waals surface area contributed by atoms with E-state index in [2.05, 4.69) is 34.8 Å². The Morgan fingerprint density at radius 2 is 2.13 bits per heavy atom. The van der Waals surface area contributed by atoms with E-state index in [4.69, 9.17) is 4.74 Å². The fourth-order valence-electron chi connectivity index (χ4n) is 4.06. The summed E-state index contributed by atoms with van der Waals surface area (Å²) >= 11 is 0. The van der Waals surface area contributed by atoms with Crippen molar-refractivity contribution in [1.82, 2.24) is 14.9 Å². The molecule has 0 amide bonds. The number of hydrogen-bond donors (Lipinski definition) is 4. The zero-order valence-electron chi connectivity index (χ0n) is 17.9. The molecule has 4 rings (SSSR count). The van der Waals surface area contributed by atoms with Crippen molar-refractivity contribution in [2.75, 3.05) is 6.61 Å². The van der Waals surface area contributed by atoms with Gasteiger partial charge in [-0.3, -0.25) is 4.79 Å². The molecular weight excluding hydrogens is 398 g/mol. The number of hydrogen-bond acceptors (Lipinski definition) is 5. The van der Waals surface area contributed by atoms with E-state index in [1.165, 1.54) is 0 Å². The maximum Gasteiger partial charge on any atom is 0.345 e. The number of benzene rings is 1. The van der Waals surface area contributed by atoms with Crippen LogP contribution >= 0.6 is 0 Å². The van der Waals surface area contributed by atoms with Crippen LogP contribution in [0.4, 0.5) is 0 Å². The van der Waals surface area contributed by atoms with Crippen molar-refractivity contribution >= 4 is 16.9 Å². The summed E-state index contributed by atoms with van der Waals surface area (Å²) in [6, 6.07) is 6.36. The molecule has 3 aromatic rings. The highest BCUT2D eigenvalue weighted by Crippen LogP contribution is 2.40. The Balaban J connectivity index is 1.89. The second-order valence-corrected chi connectivity index (χ2v) is 8.08. The Labute approximate surface area is 179 Å². The number of aromatic amines is 1. The lowest BCUT2D eigenvalue weighted by molar-refractivity contribution is 0.0691. The number of pyridine rings is 1. The highest BCUT2D eigenvalue weighted by molar-refractivity contribution is 5.94. The summed E-state index contributed by atoms with van der Waals surface area (Å²) in [5, 5.41) is 24.4. The van der Waals surface area contributed by atoms with E-state index in [1.54, 1.807) is 0 Å². The smallest absolute Gasteiger partial charge is 0.345 e. The van der Waals surface area contributed by atoms with Gasteiger partial charge in [0.1, 0.15) is 11.5 Å². The van der Waals surface area contributed by atoms with Crippen molar-refractivity contribution in [2.24, 2.45) is 7.05 Å². The predicted molar refractivity (Wildman–Crippen MR) is 118 cm³/mol. The number of aromatic carboxylic acids is 1. The fraction of sp³-hybridized carbons (Fsp3) is 0.391. The van der Waals surface area contributed by atoms with Crippen LogP contribution in [-0.4, -0.2) is 38.4 Å². The molecule has 8 nitrogen and oxygen atoms in total. The van der Waals surface area contributed by atoms with E-state index in [0.29, 0.717) is 48.1 Å². The van der Waals surface area contributed by atoms with Crippen molar-refractivity contribution in [2.45, 2.75) is 45.7 Å². The van der Waals surface area contributed by atoms with Gasteiger partial charge in [0.15, 0.2) is 5.56 Å². The molecule has 1 aliphatic rings. The third-order valence-electron chi connectivity index (χ3n) is 6.09. The lowest BCUT2D eigenvalue weighted by Crippen LogP contribution is -2.25. The molecule has 0 fully saturated rings. The molecule has 1 aliphatic heterocycles. The highest BCUT2D eigenvalue weighted by atomic mass is 16.5. The first-order chi connectivity index (χ1) is 14.8. The number of rotatable bonds is 5. The lowest BCUT2D eigenvalue weighted by atomic mass is 9.96. The van der Waals surface area contributed by atoms with Gasteiger partial charge in [0.2, 0.25) is 0 Å². The van der Waals surface area contributed by atoms with Crippen LogP contribution in [0.2, 0.25) is 0 Å². The van der Waals surface area contributed by atoms with E-state index in [9.17, 15) is 19.8 Å². The van der Waals surface area contributed by atoms with Crippen LogP contribution < -0.4 is 15.6 Å². The number of nitrogens with zero attached hydrogens (tertiary/aromatic N) is 1. The summed E-state index contributed by atoms with van der Waals surface area (Å²) in [6.45, 7) is 5.43. The number of H-pyrrole nitrogens is 1. The molecule has 164 valence electrons. The van der Waals surface area contributed by atoms with Crippen LogP contribution in [0, 0.1) is 0 Å². The van der Waals surface area contributed by atoms with Gasteiger partial charge in [0.05, 0.1) is 17.8 Å². The topological polar surface area (TPSA) is 117 Å². The molecule has 4 N–H and O–H groups in total. The number of aromatic nitrogens is 2. The number of carboxylic acid groups (broad SMARTS) is 1. The normalized spacial score (nSPS) is 14.3. The Morgan fingerprint density at radius 1 is 1.35 bits per heavy atom. The lowest BCUT2D eigenvalue weighted by Gasteiger charge is -2.20. The standard InChI is InChI=1S/C23H27N3O5/c1-4-12(2)24-11-14-8-13-9-16-18(10-17(13)26(14)3)31-7-5-6-15-20(16)25-22(28)19(21(15)27)23(29)30/h8-10,12,24H,4-7,11H2,1-3H3,(H,29,30)(H2,25,27,28). The van der Waals surface area contributed by atoms with E-state index < -0.39 is 22.8 Å². The Morgan fingerprint density at radius 3 is 2.84 bits per heavy atom. The van der Waals surface area contributed by atoms with Gasteiger partial charge in [-0.05, 0) is 38.3 Å². The molecule has 0 radical (unpaired) electrons. The van der Waals surface area contributed by atoms with Gasteiger partial charge in [-0.1, -0.05) is 6.92 Å². The summed E-state index contributed by atoms with van der Waals surface area (Å²) in [7, 11) is 2.01. The quantitative estimate of drug-likeness (QED) is 0.499. The average Bonchev–Trinajstić information content (AvgIpc) is 3.02. The highest BCUT2D eigenvalue weighted by Gasteiger charge is 2.26. The molecule has 31 heavy (non-hydrogen) atoms. The number of carbonyl (C=O) groups is 1. The maximum absolute atomic E-state index is 12.4. The van der Waals surface area contributed by atoms with Crippen molar-refractivity contribution < 1.29 is 19.7 Å². The summed E-state index contributed by atoms with van der Waals surface area (Å²) in [5.74, 6) is -1.32. The van der Waals surface area contributed by atoms with Crippen LogP contribution in [0.1, 0.15) is 48.3 Å². The Kier molecular flexibility index (Phi) is 5.49. The first-order valence-corrected chi connectivity index (χ1v) is 10.5. The van der Waals surface area contributed by atoms with Gasteiger partial charge in [0.25, 0.3) is 5.56 Å². The molecule has 8 heteroatoms. The average molecular weight is 425 g/mol. The molecule has 1 atom stereocenters. The number of fused-ring (bicyclic) bond motifs is 4. The van der Waals surface area contributed by atoms with Crippen molar-refractivity contribution in [3.63, 3.8) is 0 Å².